The van der Waals surface area contributed by atoms with Crippen molar-refractivity contribution in [3.8, 4) is 0 Å². The van der Waals surface area contributed by atoms with Gasteiger partial charge >= 0.3 is 0 Å². The van der Waals surface area contributed by atoms with E-state index in [1.54, 1.807) is 18.4 Å². The largest absolute Gasteiger partial charge is 0.384 e. The van der Waals surface area contributed by atoms with Crippen LogP contribution in [0.5, 0.6) is 0 Å². The van der Waals surface area contributed by atoms with E-state index in [4.69, 9.17) is 9.26 Å². The minimum atomic E-state index is -0.0636. The quantitative estimate of drug-likeness (QED) is 0.821. The molecule has 124 valence electrons. The van der Waals surface area contributed by atoms with Crippen LogP contribution in [0.25, 0.3) is 0 Å². The zero-order valence-corrected chi connectivity index (χ0v) is 14.1. The molecule has 1 aliphatic rings. The fourth-order valence-electron chi connectivity index (χ4n) is 2.68. The monoisotopic (exact) mass is 335 g/mol. The van der Waals surface area contributed by atoms with Gasteiger partial charge in [0.2, 0.25) is 5.89 Å². The van der Waals surface area contributed by atoms with Gasteiger partial charge in [0.1, 0.15) is 0 Å². The van der Waals surface area contributed by atoms with Gasteiger partial charge in [-0.3, -0.25) is 4.79 Å². The molecule has 0 bridgehead atoms. The van der Waals surface area contributed by atoms with Gasteiger partial charge in [-0.15, -0.1) is 11.3 Å². The van der Waals surface area contributed by atoms with Crippen LogP contribution < -0.4 is 5.32 Å². The van der Waals surface area contributed by atoms with Gasteiger partial charge in [-0.2, -0.15) is 4.98 Å². The molecule has 0 fully saturated rings. The van der Waals surface area contributed by atoms with Crippen molar-refractivity contribution in [1.82, 2.24) is 15.5 Å². The SMILES string of the molecule is COCCc1nc(CNC(=O)c2cc3c(s2)CCCCC3)no1. The van der Waals surface area contributed by atoms with E-state index in [9.17, 15) is 4.79 Å². The second-order valence-corrected chi connectivity index (χ2v) is 6.79. The van der Waals surface area contributed by atoms with Crippen molar-refractivity contribution in [2.75, 3.05) is 13.7 Å². The van der Waals surface area contributed by atoms with Gasteiger partial charge in [0, 0.05) is 12.0 Å². The van der Waals surface area contributed by atoms with Crippen molar-refractivity contribution < 1.29 is 14.1 Å². The average molecular weight is 335 g/mol. The van der Waals surface area contributed by atoms with Gasteiger partial charge in [-0.1, -0.05) is 11.6 Å². The number of amides is 1. The highest BCUT2D eigenvalue weighted by molar-refractivity contribution is 7.14. The first kappa shape index (κ1) is 16.1. The van der Waals surface area contributed by atoms with Gasteiger partial charge in [0.25, 0.3) is 5.91 Å². The third-order valence-corrected chi connectivity index (χ3v) is 5.14. The molecular weight excluding hydrogens is 314 g/mol. The number of hydrogen-bond acceptors (Lipinski definition) is 6. The summed E-state index contributed by atoms with van der Waals surface area (Å²) >= 11 is 1.62. The lowest BCUT2D eigenvalue weighted by atomic mass is 10.1. The van der Waals surface area contributed by atoms with Crippen molar-refractivity contribution in [1.29, 1.82) is 0 Å². The summed E-state index contributed by atoms with van der Waals surface area (Å²) in [4.78, 5) is 18.7. The van der Waals surface area contributed by atoms with Crippen molar-refractivity contribution in [3.05, 3.63) is 33.1 Å². The smallest absolute Gasteiger partial charge is 0.261 e. The Balaban J connectivity index is 1.56. The molecule has 2 heterocycles. The Hall–Kier alpha value is -1.73. The lowest BCUT2D eigenvalue weighted by Gasteiger charge is -1.99. The normalized spacial score (nSPS) is 14.3. The highest BCUT2D eigenvalue weighted by atomic mass is 32.1. The lowest BCUT2D eigenvalue weighted by Crippen LogP contribution is -2.22. The summed E-state index contributed by atoms with van der Waals surface area (Å²) in [7, 11) is 1.63. The average Bonchev–Trinajstić information content (AvgIpc) is 3.12. The first-order valence-corrected chi connectivity index (χ1v) is 8.78. The number of ether oxygens (including phenoxy) is 1. The number of methoxy groups -OCH3 is 1. The third-order valence-electron chi connectivity index (χ3n) is 3.91. The van der Waals surface area contributed by atoms with Crippen LogP contribution in [0.15, 0.2) is 10.6 Å². The number of carbonyl (C=O) groups excluding carboxylic acids is 1. The maximum atomic E-state index is 12.3. The Kier molecular flexibility index (Phi) is 5.40. The third kappa shape index (κ3) is 4.17. The molecule has 6 nitrogen and oxygen atoms in total. The van der Waals surface area contributed by atoms with E-state index >= 15 is 0 Å². The van der Waals surface area contributed by atoms with E-state index in [1.807, 2.05) is 6.07 Å². The number of carbonyl (C=O) groups is 1. The summed E-state index contributed by atoms with van der Waals surface area (Å²) in [5, 5.41) is 6.72. The summed E-state index contributed by atoms with van der Waals surface area (Å²) in [5.41, 5.74) is 1.35. The van der Waals surface area contributed by atoms with Crippen LogP contribution in [0.2, 0.25) is 0 Å². The molecule has 3 rings (SSSR count). The molecule has 0 spiro atoms. The summed E-state index contributed by atoms with van der Waals surface area (Å²) in [6.07, 6.45) is 6.49. The van der Waals surface area contributed by atoms with E-state index in [0.29, 0.717) is 24.7 Å². The number of aromatic nitrogens is 2. The number of hydrogen-bond donors (Lipinski definition) is 1. The Labute approximate surface area is 139 Å². The van der Waals surface area contributed by atoms with Crippen LogP contribution in [-0.4, -0.2) is 29.8 Å². The molecule has 0 aliphatic heterocycles. The lowest BCUT2D eigenvalue weighted by molar-refractivity contribution is 0.0953. The van der Waals surface area contributed by atoms with Gasteiger partial charge in [0.05, 0.1) is 24.4 Å². The fraction of sp³-hybridized carbons (Fsp3) is 0.562. The molecule has 7 heteroatoms. The zero-order chi connectivity index (χ0) is 16.1. The maximum Gasteiger partial charge on any atom is 0.261 e. The predicted molar refractivity (Wildman–Crippen MR) is 86.6 cm³/mol. The minimum absolute atomic E-state index is 0.0636. The number of rotatable bonds is 6. The molecular formula is C16H21N3O3S. The molecule has 0 aromatic carbocycles. The zero-order valence-electron chi connectivity index (χ0n) is 13.3. The van der Waals surface area contributed by atoms with Crippen molar-refractivity contribution in [2.45, 2.75) is 45.1 Å². The van der Waals surface area contributed by atoms with Gasteiger partial charge in [-0.25, -0.2) is 0 Å². The molecule has 1 N–H and O–H groups in total. The predicted octanol–water partition coefficient (Wildman–Crippen LogP) is 2.52. The van der Waals surface area contributed by atoms with E-state index in [2.05, 4.69) is 15.5 Å². The number of aryl methyl sites for hydroxylation is 2. The summed E-state index contributed by atoms with van der Waals surface area (Å²) in [6, 6.07) is 2.04. The first-order chi connectivity index (χ1) is 11.3. The molecule has 2 aromatic rings. The fourth-order valence-corrected chi connectivity index (χ4v) is 3.85. The van der Waals surface area contributed by atoms with E-state index in [0.717, 1.165) is 17.7 Å². The van der Waals surface area contributed by atoms with Crippen LogP contribution in [0.1, 0.15) is 51.1 Å². The van der Waals surface area contributed by atoms with E-state index in [-0.39, 0.29) is 12.5 Å². The van der Waals surface area contributed by atoms with Crippen LogP contribution in [-0.2, 0) is 30.5 Å². The molecule has 0 unspecified atom stereocenters. The maximum absolute atomic E-state index is 12.3. The number of nitrogens with one attached hydrogen (secondary N) is 1. The Morgan fingerprint density at radius 2 is 2.26 bits per heavy atom. The highest BCUT2D eigenvalue weighted by Gasteiger charge is 2.17. The van der Waals surface area contributed by atoms with Crippen LogP contribution in [0, 0.1) is 0 Å². The van der Waals surface area contributed by atoms with Gasteiger partial charge in [0.15, 0.2) is 5.82 Å². The molecule has 0 saturated carbocycles. The number of fused-ring (bicyclic) bond motifs is 1. The molecule has 0 atom stereocenters. The summed E-state index contributed by atoms with van der Waals surface area (Å²) in [5.74, 6) is 0.952. The Morgan fingerprint density at radius 1 is 1.39 bits per heavy atom. The Morgan fingerprint density at radius 3 is 3.13 bits per heavy atom. The highest BCUT2D eigenvalue weighted by Crippen LogP contribution is 2.28. The van der Waals surface area contributed by atoms with Crippen molar-refractivity contribution in [2.24, 2.45) is 0 Å². The van der Waals surface area contributed by atoms with Crippen molar-refractivity contribution >= 4 is 17.2 Å². The van der Waals surface area contributed by atoms with Crippen LogP contribution in [0.4, 0.5) is 0 Å². The minimum Gasteiger partial charge on any atom is -0.384 e. The topological polar surface area (TPSA) is 77.2 Å². The molecule has 0 saturated heterocycles. The molecule has 0 radical (unpaired) electrons. The van der Waals surface area contributed by atoms with Crippen LogP contribution >= 0.6 is 11.3 Å². The second kappa shape index (κ2) is 7.70. The standard InChI is InChI=1S/C16H21N3O3S/c1-21-8-7-15-18-14(19-22-15)10-17-16(20)13-9-11-5-3-2-4-6-12(11)23-13/h9H,2-8,10H2,1H3,(H,17,20). The molecule has 1 aliphatic carbocycles. The molecule has 23 heavy (non-hydrogen) atoms. The first-order valence-electron chi connectivity index (χ1n) is 7.96. The van der Waals surface area contributed by atoms with Gasteiger partial charge in [-0.05, 0) is 37.3 Å². The second-order valence-electron chi connectivity index (χ2n) is 5.65. The van der Waals surface area contributed by atoms with E-state index in [1.165, 1.54) is 29.7 Å². The summed E-state index contributed by atoms with van der Waals surface area (Å²) in [6.45, 7) is 0.812. The van der Waals surface area contributed by atoms with Gasteiger partial charge < -0.3 is 14.6 Å². The molecule has 2 aromatic heterocycles. The number of thiophene rings is 1. The number of nitrogens with zero attached hydrogens (tertiary/aromatic N) is 2. The van der Waals surface area contributed by atoms with Crippen LogP contribution in [0.3, 0.4) is 0 Å². The summed E-state index contributed by atoms with van der Waals surface area (Å²) < 4.78 is 10.1. The molecule has 1 amide bonds. The van der Waals surface area contributed by atoms with Crippen molar-refractivity contribution in [3.63, 3.8) is 0 Å². The Bertz CT molecular complexity index is 642. The van der Waals surface area contributed by atoms with E-state index < -0.39 is 0 Å².